The van der Waals surface area contributed by atoms with Gasteiger partial charge < -0.3 is 24.9 Å². The average molecular weight is 671 g/mol. The van der Waals surface area contributed by atoms with Crippen LogP contribution in [0.4, 0.5) is 9.93 Å². The molecule has 0 spiro atoms. The van der Waals surface area contributed by atoms with Gasteiger partial charge in [-0.1, -0.05) is 10.4 Å². The number of aryl methyl sites for hydroxylation is 1. The number of nitrogens with one attached hydrogen (secondary N) is 3. The van der Waals surface area contributed by atoms with Crippen molar-refractivity contribution in [2.45, 2.75) is 90.8 Å². The van der Waals surface area contributed by atoms with E-state index in [0.29, 0.717) is 5.69 Å². The fraction of sp³-hybridized carbons (Fsp3) is 0.500. The number of carbonyl (C=O) groups is 4. The molecule has 0 radical (unpaired) electrons. The predicted molar refractivity (Wildman–Crippen MR) is 170 cm³/mol. The van der Waals surface area contributed by atoms with Crippen molar-refractivity contribution >= 4 is 46.1 Å². The molecule has 3 aromatic heterocycles. The zero-order chi connectivity index (χ0) is 34.7. The van der Waals surface area contributed by atoms with Crippen molar-refractivity contribution in [3.8, 4) is 11.3 Å². The van der Waals surface area contributed by atoms with E-state index in [0.717, 1.165) is 16.9 Å². The number of thiazole rings is 1. The maximum atomic E-state index is 13.6. The Bertz CT molecular complexity index is 1670. The van der Waals surface area contributed by atoms with Crippen LogP contribution >= 0.6 is 11.3 Å². The van der Waals surface area contributed by atoms with Crippen molar-refractivity contribution in [1.82, 2.24) is 30.6 Å². The van der Waals surface area contributed by atoms with Gasteiger partial charge >= 0.3 is 12.1 Å². The Hall–Kier alpha value is -4.93. The lowest BCUT2D eigenvalue weighted by atomic mass is 9.98. The Balaban J connectivity index is 1.52. The third-order valence-electron chi connectivity index (χ3n) is 6.32. The van der Waals surface area contributed by atoms with Crippen molar-refractivity contribution in [1.29, 1.82) is 0 Å². The van der Waals surface area contributed by atoms with E-state index < -0.39 is 52.8 Å². The van der Waals surface area contributed by atoms with Crippen molar-refractivity contribution in [3.63, 3.8) is 0 Å². The second-order valence-corrected chi connectivity index (χ2v) is 14.2. The average Bonchev–Trinajstić information content (AvgIpc) is 3.60. The number of hydrogen-bond donors (Lipinski definition) is 3. The molecule has 47 heavy (non-hydrogen) atoms. The largest absolute Gasteiger partial charge is 0.457 e. The van der Waals surface area contributed by atoms with Gasteiger partial charge in [0.05, 0.1) is 18.8 Å². The molecule has 4 rings (SSSR count). The van der Waals surface area contributed by atoms with Crippen LogP contribution in [-0.4, -0.2) is 78.5 Å². The van der Waals surface area contributed by atoms with Crippen LogP contribution in [0, 0.1) is 0 Å². The highest BCUT2D eigenvalue weighted by Gasteiger charge is 2.42. The van der Waals surface area contributed by atoms with E-state index in [1.807, 2.05) is 36.1 Å². The van der Waals surface area contributed by atoms with Gasteiger partial charge in [-0.3, -0.25) is 14.9 Å². The van der Waals surface area contributed by atoms with Crippen LogP contribution in [0.3, 0.4) is 0 Å². The minimum atomic E-state index is -1.59. The fourth-order valence-corrected chi connectivity index (χ4v) is 4.68. The minimum absolute atomic E-state index is 0.0204. The van der Waals surface area contributed by atoms with E-state index in [1.165, 1.54) is 19.2 Å². The molecule has 3 aromatic rings. The van der Waals surface area contributed by atoms with Gasteiger partial charge in [0.2, 0.25) is 11.5 Å². The van der Waals surface area contributed by atoms with Crippen molar-refractivity contribution in [2.24, 2.45) is 12.2 Å². The molecular weight excluding hydrogens is 630 g/mol. The zero-order valence-electron chi connectivity index (χ0n) is 27.8. The molecule has 3 N–H and O–H groups in total. The third-order valence-corrected chi connectivity index (χ3v) is 7.08. The van der Waals surface area contributed by atoms with Crippen LogP contribution in [0.1, 0.15) is 61.1 Å². The van der Waals surface area contributed by atoms with Crippen LogP contribution in [0.5, 0.6) is 0 Å². The first-order valence-electron chi connectivity index (χ1n) is 14.7. The second kappa shape index (κ2) is 13.4. The monoisotopic (exact) mass is 670 g/mol. The number of esters is 1. The Labute approximate surface area is 275 Å². The van der Waals surface area contributed by atoms with Crippen LogP contribution in [0.2, 0.25) is 0 Å². The molecule has 16 nitrogen and oxygen atoms in total. The molecule has 0 saturated carbocycles. The quantitative estimate of drug-likeness (QED) is 0.0946. The van der Waals surface area contributed by atoms with Crippen molar-refractivity contribution in [2.75, 3.05) is 5.32 Å². The molecule has 0 unspecified atom stereocenters. The maximum Gasteiger partial charge on any atom is 0.413 e. The van der Waals surface area contributed by atoms with Gasteiger partial charge in [0, 0.05) is 23.1 Å². The van der Waals surface area contributed by atoms with Crippen LogP contribution in [0.25, 0.3) is 11.3 Å². The summed E-state index contributed by atoms with van der Waals surface area (Å²) in [5.74, 6) is -1.94. The van der Waals surface area contributed by atoms with Gasteiger partial charge in [-0.25, -0.2) is 23.8 Å². The summed E-state index contributed by atoms with van der Waals surface area (Å²) in [4.78, 5) is 61.1. The molecule has 252 valence electrons. The highest BCUT2D eigenvalue weighted by molar-refractivity contribution is 7.14. The Kier molecular flexibility index (Phi) is 9.98. The molecular formula is C30H40N9O7S+. The number of anilines is 1. The zero-order valence-corrected chi connectivity index (χ0v) is 28.6. The molecule has 3 amide bonds. The van der Waals surface area contributed by atoms with Gasteiger partial charge in [0.15, 0.2) is 23.2 Å². The number of nitrogens with zero attached hydrogens (tertiary/aromatic N) is 6. The third kappa shape index (κ3) is 9.54. The predicted octanol–water partition coefficient (Wildman–Crippen LogP) is 2.10. The summed E-state index contributed by atoms with van der Waals surface area (Å²) in [5, 5.41) is 21.9. The van der Waals surface area contributed by atoms with Gasteiger partial charge in [-0.2, -0.15) is 0 Å². The smallest absolute Gasteiger partial charge is 0.413 e. The lowest BCUT2D eigenvalue weighted by molar-refractivity contribution is -0.671. The van der Waals surface area contributed by atoms with Crippen LogP contribution in [-0.2, 0) is 42.3 Å². The van der Waals surface area contributed by atoms with Crippen molar-refractivity contribution < 1.29 is 38.1 Å². The SMILES string of the molecule is C[n+]1ccc(-c2cn(C[C@H]3NC(=O)[C@H]3NC(=O)/C(=N/OC(C)(C)C(=O)OC(C)(C)C)c3csc(NC(=O)OC(C)(C)C)n3)nn2)cc1. The highest BCUT2D eigenvalue weighted by Crippen LogP contribution is 2.22. The minimum Gasteiger partial charge on any atom is -0.457 e. The molecule has 1 fully saturated rings. The summed E-state index contributed by atoms with van der Waals surface area (Å²) in [7, 11) is 1.91. The number of carbonyl (C=O) groups excluding carboxylic acids is 4. The van der Waals surface area contributed by atoms with E-state index in [4.69, 9.17) is 14.3 Å². The standard InChI is InChI=1S/C30H39N9O7S/c1-28(2,3)44-25(42)30(7,8)46-36-22(20-16-47-26(32-20)34-27(43)45-29(4,5)6)24(41)33-21-19(31-23(21)40)15-39-14-18(35-37-39)17-10-12-38(9)13-11-17/h10-14,16,19,21H,15H2,1-9H3,(H2-,31,32,33,34,40,41,43)/p+1/b36-22+/t19-,21+/m1/s1. The molecule has 0 aliphatic carbocycles. The molecule has 0 aromatic carbocycles. The Morgan fingerprint density at radius 3 is 2.34 bits per heavy atom. The normalized spacial score (nSPS) is 16.9. The lowest BCUT2D eigenvalue weighted by Crippen LogP contribution is -2.70. The summed E-state index contributed by atoms with van der Waals surface area (Å²) in [5.41, 5.74) is -1.93. The highest BCUT2D eigenvalue weighted by atomic mass is 32.1. The van der Waals surface area contributed by atoms with Gasteiger partial charge in [0.1, 0.15) is 35.7 Å². The molecule has 2 atom stereocenters. The molecule has 1 aliphatic heterocycles. The number of hydrogen-bond acceptors (Lipinski definition) is 12. The van der Waals surface area contributed by atoms with E-state index in [9.17, 15) is 19.2 Å². The Morgan fingerprint density at radius 2 is 1.72 bits per heavy atom. The van der Waals surface area contributed by atoms with Crippen molar-refractivity contribution in [3.05, 3.63) is 41.8 Å². The van der Waals surface area contributed by atoms with Gasteiger partial charge in [0.25, 0.3) is 5.91 Å². The molecule has 17 heteroatoms. The number of pyridine rings is 1. The summed E-state index contributed by atoms with van der Waals surface area (Å²) in [6.45, 7) is 13.4. The number of rotatable bonds is 10. The number of ether oxygens (including phenoxy) is 2. The first kappa shape index (κ1) is 34.9. The summed E-state index contributed by atoms with van der Waals surface area (Å²) < 4.78 is 14.2. The van der Waals surface area contributed by atoms with Crippen LogP contribution in [0.15, 0.2) is 41.3 Å². The van der Waals surface area contributed by atoms with Crippen LogP contribution < -0.4 is 20.5 Å². The second-order valence-electron chi connectivity index (χ2n) is 13.4. The first-order valence-corrected chi connectivity index (χ1v) is 15.6. The molecule has 1 saturated heterocycles. The fourth-order valence-electron chi connectivity index (χ4n) is 4.00. The topological polar surface area (TPSA) is 192 Å². The number of oxime groups is 1. The summed E-state index contributed by atoms with van der Waals surface area (Å²) in [6, 6.07) is 2.34. The molecule has 0 bridgehead atoms. The summed E-state index contributed by atoms with van der Waals surface area (Å²) >= 11 is 1.01. The molecule has 4 heterocycles. The number of amides is 3. The summed E-state index contributed by atoms with van der Waals surface area (Å²) in [6.07, 6.45) is 4.78. The van der Waals surface area contributed by atoms with E-state index in [1.54, 1.807) is 52.4 Å². The Morgan fingerprint density at radius 1 is 1.06 bits per heavy atom. The van der Waals surface area contributed by atoms with E-state index in [2.05, 4.69) is 36.4 Å². The van der Waals surface area contributed by atoms with Gasteiger partial charge in [-0.15, -0.1) is 16.4 Å². The maximum absolute atomic E-state index is 13.6. The van der Waals surface area contributed by atoms with E-state index >= 15 is 0 Å². The number of aromatic nitrogens is 5. The molecule has 1 aliphatic rings. The van der Waals surface area contributed by atoms with E-state index in [-0.39, 0.29) is 23.1 Å². The van der Waals surface area contributed by atoms with Gasteiger partial charge in [-0.05, 0) is 55.4 Å². The first-order chi connectivity index (χ1) is 21.8. The lowest BCUT2D eigenvalue weighted by Gasteiger charge is -2.36. The number of β-lactam (4-membered cyclic amide) rings is 1.